The molecule has 0 bridgehead atoms. The van der Waals surface area contributed by atoms with Crippen molar-refractivity contribution < 1.29 is 0 Å². The molecule has 0 N–H and O–H groups in total. The summed E-state index contributed by atoms with van der Waals surface area (Å²) in [5, 5.41) is 5.16. The summed E-state index contributed by atoms with van der Waals surface area (Å²) < 4.78 is 0. The second kappa shape index (κ2) is 5.45. The minimum absolute atomic E-state index is 1.11. The van der Waals surface area contributed by atoms with E-state index in [9.17, 15) is 0 Å². The molecular formula is C21H15N. The molecule has 3 aromatic carbocycles. The van der Waals surface area contributed by atoms with Gasteiger partial charge in [0, 0.05) is 12.4 Å². The van der Waals surface area contributed by atoms with E-state index in [1.165, 1.54) is 27.1 Å². The van der Waals surface area contributed by atoms with Crippen LogP contribution in [-0.2, 0) is 0 Å². The lowest BCUT2D eigenvalue weighted by molar-refractivity contribution is 1.32. The van der Waals surface area contributed by atoms with Crippen LogP contribution in [0.4, 0.5) is 0 Å². The minimum atomic E-state index is 1.11. The molecule has 22 heavy (non-hydrogen) atoms. The summed E-state index contributed by atoms with van der Waals surface area (Å²) in [7, 11) is 0. The van der Waals surface area contributed by atoms with E-state index in [1.807, 2.05) is 12.3 Å². The number of pyridine rings is 1. The van der Waals surface area contributed by atoms with Crippen molar-refractivity contribution in [3.63, 3.8) is 0 Å². The van der Waals surface area contributed by atoms with Gasteiger partial charge in [0.15, 0.2) is 0 Å². The summed E-state index contributed by atoms with van der Waals surface area (Å²) >= 11 is 0. The van der Waals surface area contributed by atoms with E-state index in [0.29, 0.717) is 0 Å². The maximum absolute atomic E-state index is 4.14. The normalized spacial score (nSPS) is 11.5. The van der Waals surface area contributed by atoms with Crippen LogP contribution >= 0.6 is 0 Å². The first-order valence-electron chi connectivity index (χ1n) is 7.40. The van der Waals surface area contributed by atoms with Crippen LogP contribution in [-0.4, -0.2) is 4.98 Å². The molecule has 0 amide bonds. The van der Waals surface area contributed by atoms with Gasteiger partial charge >= 0.3 is 0 Å². The van der Waals surface area contributed by atoms with Gasteiger partial charge in [-0.15, -0.1) is 0 Å². The molecule has 1 heterocycles. The second-order valence-electron chi connectivity index (χ2n) is 5.39. The van der Waals surface area contributed by atoms with Crippen LogP contribution in [0.15, 0.2) is 79.1 Å². The molecular weight excluding hydrogens is 266 g/mol. The van der Waals surface area contributed by atoms with Crippen molar-refractivity contribution in [2.45, 2.75) is 0 Å². The van der Waals surface area contributed by atoms with Gasteiger partial charge in [0.1, 0.15) is 0 Å². The van der Waals surface area contributed by atoms with Crippen molar-refractivity contribution in [1.29, 1.82) is 0 Å². The molecule has 0 saturated carbocycles. The Bertz CT molecular complexity index is 969. The van der Waals surface area contributed by atoms with Crippen LogP contribution < -0.4 is 0 Å². The zero-order chi connectivity index (χ0) is 14.8. The molecule has 4 aromatic rings. The van der Waals surface area contributed by atoms with Gasteiger partial charge in [0.25, 0.3) is 0 Å². The van der Waals surface area contributed by atoms with Gasteiger partial charge < -0.3 is 0 Å². The summed E-state index contributed by atoms with van der Waals surface area (Å²) in [6, 6.07) is 23.5. The number of hydrogen-bond donors (Lipinski definition) is 0. The van der Waals surface area contributed by atoms with Crippen LogP contribution in [0.25, 0.3) is 33.7 Å². The molecule has 0 aliphatic rings. The van der Waals surface area contributed by atoms with Crippen molar-refractivity contribution in [3.8, 4) is 0 Å². The second-order valence-corrected chi connectivity index (χ2v) is 5.39. The molecule has 0 fully saturated rings. The number of hydrogen-bond acceptors (Lipinski definition) is 1. The summed E-state index contributed by atoms with van der Waals surface area (Å²) in [5.74, 6) is 0. The van der Waals surface area contributed by atoms with Gasteiger partial charge in [-0.2, -0.15) is 0 Å². The molecule has 0 aliphatic heterocycles. The maximum Gasteiger partial charge on any atom is 0.0340 e. The number of benzene rings is 3. The first kappa shape index (κ1) is 12.8. The molecule has 1 nitrogen and oxygen atoms in total. The van der Waals surface area contributed by atoms with Gasteiger partial charge in [0.2, 0.25) is 0 Å². The third-order valence-electron chi connectivity index (χ3n) is 3.92. The average Bonchev–Trinajstić information content (AvgIpc) is 2.60. The Hall–Kier alpha value is -2.93. The highest BCUT2D eigenvalue weighted by atomic mass is 14.6. The Morgan fingerprint density at radius 3 is 2.27 bits per heavy atom. The Kier molecular flexibility index (Phi) is 3.17. The summed E-state index contributed by atoms with van der Waals surface area (Å²) in [5.41, 5.74) is 2.31. The summed E-state index contributed by atoms with van der Waals surface area (Å²) in [4.78, 5) is 4.14. The molecule has 4 rings (SSSR count). The SMILES string of the molecule is C(=C\c1ccc2ccc3ccccc3c2c1)/c1cccnc1. The third kappa shape index (κ3) is 2.38. The van der Waals surface area contributed by atoms with Crippen LogP contribution in [0.3, 0.4) is 0 Å². The molecule has 104 valence electrons. The highest BCUT2D eigenvalue weighted by Crippen LogP contribution is 2.26. The highest BCUT2D eigenvalue weighted by Gasteiger charge is 2.00. The molecule has 1 heteroatoms. The van der Waals surface area contributed by atoms with Gasteiger partial charge in [-0.1, -0.05) is 66.7 Å². The molecule has 0 spiro atoms. The maximum atomic E-state index is 4.14. The van der Waals surface area contributed by atoms with Crippen molar-refractivity contribution >= 4 is 33.7 Å². The van der Waals surface area contributed by atoms with Crippen LogP contribution in [0.5, 0.6) is 0 Å². The zero-order valence-corrected chi connectivity index (χ0v) is 12.1. The van der Waals surface area contributed by atoms with Crippen LogP contribution in [0.1, 0.15) is 11.1 Å². The summed E-state index contributed by atoms with van der Waals surface area (Å²) in [6.45, 7) is 0. The molecule has 0 atom stereocenters. The van der Waals surface area contributed by atoms with Crippen LogP contribution in [0, 0.1) is 0 Å². The molecule has 0 radical (unpaired) electrons. The quantitative estimate of drug-likeness (QED) is 0.438. The van der Waals surface area contributed by atoms with Gasteiger partial charge in [0.05, 0.1) is 0 Å². The highest BCUT2D eigenvalue weighted by molar-refractivity contribution is 6.08. The molecule has 0 unspecified atom stereocenters. The van der Waals surface area contributed by atoms with E-state index in [4.69, 9.17) is 0 Å². The third-order valence-corrected chi connectivity index (χ3v) is 3.92. The fourth-order valence-corrected chi connectivity index (χ4v) is 2.79. The van der Waals surface area contributed by atoms with E-state index in [2.05, 4.69) is 77.8 Å². The number of aromatic nitrogens is 1. The fourth-order valence-electron chi connectivity index (χ4n) is 2.79. The predicted molar refractivity (Wildman–Crippen MR) is 94.6 cm³/mol. The topological polar surface area (TPSA) is 12.9 Å². The first-order valence-corrected chi connectivity index (χ1v) is 7.40. The lowest BCUT2D eigenvalue weighted by atomic mass is 10.00. The first-order chi connectivity index (χ1) is 10.9. The Morgan fingerprint density at radius 2 is 1.41 bits per heavy atom. The molecule has 1 aromatic heterocycles. The Labute approximate surface area is 129 Å². The van der Waals surface area contributed by atoms with Crippen molar-refractivity contribution in [2.24, 2.45) is 0 Å². The number of rotatable bonds is 2. The van der Waals surface area contributed by atoms with E-state index >= 15 is 0 Å². The average molecular weight is 281 g/mol. The van der Waals surface area contributed by atoms with Gasteiger partial charge in [-0.3, -0.25) is 4.98 Å². The van der Waals surface area contributed by atoms with E-state index in [1.54, 1.807) is 6.20 Å². The Balaban J connectivity index is 1.83. The lowest BCUT2D eigenvalue weighted by Crippen LogP contribution is -1.79. The smallest absolute Gasteiger partial charge is 0.0340 e. The molecule has 0 saturated heterocycles. The standard InChI is InChI=1S/C21H15N/c1-2-6-20-18(5-1)11-12-19-10-9-16(14-21(19)20)7-8-17-4-3-13-22-15-17/h1-15H/b8-7+. The monoisotopic (exact) mass is 281 g/mol. The van der Waals surface area contributed by atoms with Crippen molar-refractivity contribution in [2.75, 3.05) is 0 Å². The van der Waals surface area contributed by atoms with Crippen LogP contribution in [0.2, 0.25) is 0 Å². The minimum Gasteiger partial charge on any atom is -0.264 e. The fraction of sp³-hybridized carbons (Fsp3) is 0. The lowest BCUT2D eigenvalue weighted by Gasteiger charge is -2.05. The predicted octanol–water partition coefficient (Wildman–Crippen LogP) is 5.56. The Morgan fingerprint density at radius 1 is 0.636 bits per heavy atom. The zero-order valence-electron chi connectivity index (χ0n) is 12.1. The molecule has 0 aliphatic carbocycles. The number of nitrogens with zero attached hydrogens (tertiary/aromatic N) is 1. The van der Waals surface area contributed by atoms with Crippen molar-refractivity contribution in [1.82, 2.24) is 4.98 Å². The number of fused-ring (bicyclic) bond motifs is 3. The summed E-state index contributed by atoms with van der Waals surface area (Å²) in [6.07, 6.45) is 7.89. The van der Waals surface area contributed by atoms with Gasteiger partial charge in [-0.25, -0.2) is 0 Å². The van der Waals surface area contributed by atoms with Crippen molar-refractivity contribution in [3.05, 3.63) is 90.3 Å². The van der Waals surface area contributed by atoms with E-state index < -0.39 is 0 Å². The van der Waals surface area contributed by atoms with E-state index in [-0.39, 0.29) is 0 Å². The largest absolute Gasteiger partial charge is 0.264 e. The van der Waals surface area contributed by atoms with Gasteiger partial charge in [-0.05, 0) is 44.8 Å². The van der Waals surface area contributed by atoms with E-state index in [0.717, 1.165) is 5.56 Å².